The lowest BCUT2D eigenvalue weighted by molar-refractivity contribution is -0.123. The lowest BCUT2D eigenvalue weighted by atomic mass is 9.88. The van der Waals surface area contributed by atoms with Gasteiger partial charge in [-0.25, -0.2) is 0 Å². The Balaban J connectivity index is 1.97. The van der Waals surface area contributed by atoms with E-state index in [4.69, 9.17) is 0 Å². The van der Waals surface area contributed by atoms with Gasteiger partial charge < -0.3 is 10.6 Å². The minimum Gasteiger partial charge on any atom is -0.358 e. The number of aryl methyl sites for hydroxylation is 2. The molecule has 5 heteroatoms. The summed E-state index contributed by atoms with van der Waals surface area (Å²) in [5.41, 5.74) is 2.32. The van der Waals surface area contributed by atoms with Gasteiger partial charge in [0.1, 0.15) is 0 Å². The fraction of sp³-hybridized carbons (Fsp3) is 0.692. The smallest absolute Gasteiger partial charge is 0.236 e. The normalized spacial score (nSPS) is 23.9. The first-order chi connectivity index (χ1) is 8.60. The van der Waals surface area contributed by atoms with Crippen molar-refractivity contribution in [3.8, 4) is 0 Å². The first kappa shape index (κ1) is 13.1. The molecule has 1 aromatic heterocycles. The minimum atomic E-state index is -0.0388. The van der Waals surface area contributed by atoms with E-state index in [2.05, 4.69) is 21.8 Å². The molecule has 2 atom stereocenters. The predicted molar refractivity (Wildman–Crippen MR) is 70.2 cm³/mol. The van der Waals surface area contributed by atoms with Crippen molar-refractivity contribution < 1.29 is 4.79 Å². The maximum Gasteiger partial charge on any atom is 0.236 e. The maximum atomic E-state index is 11.6. The van der Waals surface area contributed by atoms with E-state index in [1.807, 2.05) is 18.7 Å². The summed E-state index contributed by atoms with van der Waals surface area (Å²) in [5.74, 6) is 0.657. The number of nitrogens with zero attached hydrogens (tertiary/aromatic N) is 2. The fourth-order valence-corrected chi connectivity index (χ4v) is 2.71. The molecule has 100 valence electrons. The van der Waals surface area contributed by atoms with Gasteiger partial charge >= 0.3 is 0 Å². The molecule has 1 aromatic rings. The van der Waals surface area contributed by atoms with Crippen molar-refractivity contribution >= 4 is 5.91 Å². The predicted octanol–water partition coefficient (Wildman–Crippen LogP) is 0.385. The van der Waals surface area contributed by atoms with E-state index < -0.39 is 0 Å². The molecule has 1 fully saturated rings. The van der Waals surface area contributed by atoms with E-state index in [1.165, 1.54) is 5.69 Å². The highest BCUT2D eigenvalue weighted by Crippen LogP contribution is 2.21. The second-order valence-corrected chi connectivity index (χ2v) is 5.12. The molecule has 0 radical (unpaired) electrons. The number of piperidine rings is 1. The highest BCUT2D eigenvalue weighted by atomic mass is 16.2. The van der Waals surface area contributed by atoms with Crippen LogP contribution in [0.4, 0.5) is 0 Å². The van der Waals surface area contributed by atoms with Gasteiger partial charge in [-0.2, -0.15) is 5.10 Å². The van der Waals surface area contributed by atoms with Crippen molar-refractivity contribution in [2.45, 2.75) is 32.2 Å². The largest absolute Gasteiger partial charge is 0.358 e. The zero-order valence-corrected chi connectivity index (χ0v) is 11.4. The van der Waals surface area contributed by atoms with Gasteiger partial charge in [0, 0.05) is 19.8 Å². The Morgan fingerprint density at radius 2 is 2.44 bits per heavy atom. The topological polar surface area (TPSA) is 59.0 Å². The average Bonchev–Trinajstić information content (AvgIpc) is 2.67. The van der Waals surface area contributed by atoms with Crippen LogP contribution in [-0.4, -0.2) is 35.3 Å². The van der Waals surface area contributed by atoms with E-state index in [0.29, 0.717) is 5.92 Å². The molecule has 5 nitrogen and oxygen atoms in total. The van der Waals surface area contributed by atoms with E-state index in [1.54, 1.807) is 7.05 Å². The number of hydrogen-bond acceptors (Lipinski definition) is 3. The Morgan fingerprint density at radius 1 is 1.67 bits per heavy atom. The SMILES string of the molecule is CNC(=O)C1CC(Cc2cc(C)nn2C)CCN1. The van der Waals surface area contributed by atoms with Crippen molar-refractivity contribution in [3.05, 3.63) is 17.5 Å². The van der Waals surface area contributed by atoms with Crippen LogP contribution in [0.15, 0.2) is 6.07 Å². The van der Waals surface area contributed by atoms with Gasteiger partial charge in [0.15, 0.2) is 0 Å². The number of rotatable bonds is 3. The molecule has 1 aliphatic heterocycles. The van der Waals surface area contributed by atoms with Gasteiger partial charge in [0.2, 0.25) is 5.91 Å². The number of carbonyl (C=O) groups is 1. The van der Waals surface area contributed by atoms with Crippen molar-refractivity contribution in [1.29, 1.82) is 0 Å². The Kier molecular flexibility index (Phi) is 4.01. The van der Waals surface area contributed by atoms with Crippen LogP contribution < -0.4 is 10.6 Å². The van der Waals surface area contributed by atoms with Gasteiger partial charge in [0.05, 0.1) is 11.7 Å². The zero-order chi connectivity index (χ0) is 13.1. The summed E-state index contributed by atoms with van der Waals surface area (Å²) >= 11 is 0. The highest BCUT2D eigenvalue weighted by molar-refractivity contribution is 5.81. The first-order valence-electron chi connectivity index (χ1n) is 6.54. The molecular weight excluding hydrogens is 228 g/mol. The third kappa shape index (κ3) is 2.90. The summed E-state index contributed by atoms with van der Waals surface area (Å²) in [7, 11) is 3.68. The van der Waals surface area contributed by atoms with E-state index in [-0.39, 0.29) is 11.9 Å². The van der Waals surface area contributed by atoms with Crippen LogP contribution in [0.2, 0.25) is 0 Å². The van der Waals surface area contributed by atoms with Crippen molar-refractivity contribution in [3.63, 3.8) is 0 Å². The fourth-order valence-electron chi connectivity index (χ4n) is 2.71. The van der Waals surface area contributed by atoms with Gasteiger partial charge in [-0.3, -0.25) is 9.48 Å². The molecule has 1 saturated heterocycles. The Hall–Kier alpha value is -1.36. The summed E-state index contributed by atoms with van der Waals surface area (Å²) < 4.78 is 1.95. The Morgan fingerprint density at radius 3 is 3.06 bits per heavy atom. The number of nitrogens with one attached hydrogen (secondary N) is 2. The van der Waals surface area contributed by atoms with Crippen molar-refractivity contribution in [2.24, 2.45) is 13.0 Å². The number of hydrogen-bond donors (Lipinski definition) is 2. The molecule has 1 amide bonds. The van der Waals surface area contributed by atoms with Gasteiger partial charge in [-0.05, 0) is 44.7 Å². The maximum absolute atomic E-state index is 11.6. The summed E-state index contributed by atoms with van der Waals surface area (Å²) in [6.45, 7) is 2.93. The highest BCUT2D eigenvalue weighted by Gasteiger charge is 2.26. The Bertz CT molecular complexity index is 427. The monoisotopic (exact) mass is 250 g/mol. The molecule has 0 spiro atoms. The summed E-state index contributed by atoms with van der Waals surface area (Å²) in [4.78, 5) is 11.6. The second-order valence-electron chi connectivity index (χ2n) is 5.12. The standard InChI is InChI=1S/C13H22N4O/c1-9-6-11(17(3)16-9)7-10-4-5-15-12(8-10)13(18)14-2/h6,10,12,15H,4-5,7-8H2,1-3H3,(H,14,18). The lowest BCUT2D eigenvalue weighted by Gasteiger charge is -2.29. The van der Waals surface area contributed by atoms with E-state index in [0.717, 1.165) is 31.5 Å². The lowest BCUT2D eigenvalue weighted by Crippen LogP contribution is -2.48. The van der Waals surface area contributed by atoms with E-state index >= 15 is 0 Å². The zero-order valence-electron chi connectivity index (χ0n) is 11.4. The molecule has 0 aliphatic carbocycles. The van der Waals surface area contributed by atoms with Crippen LogP contribution in [0.25, 0.3) is 0 Å². The van der Waals surface area contributed by atoms with Crippen LogP contribution in [0, 0.1) is 12.8 Å². The molecule has 1 aliphatic rings. The van der Waals surface area contributed by atoms with Crippen LogP contribution in [0.5, 0.6) is 0 Å². The van der Waals surface area contributed by atoms with Crippen LogP contribution >= 0.6 is 0 Å². The van der Waals surface area contributed by atoms with Crippen LogP contribution in [-0.2, 0) is 18.3 Å². The van der Waals surface area contributed by atoms with Crippen LogP contribution in [0.1, 0.15) is 24.2 Å². The number of aromatic nitrogens is 2. The minimum absolute atomic E-state index is 0.0388. The van der Waals surface area contributed by atoms with Crippen LogP contribution in [0.3, 0.4) is 0 Å². The quantitative estimate of drug-likeness (QED) is 0.815. The van der Waals surface area contributed by atoms with Crippen molar-refractivity contribution in [1.82, 2.24) is 20.4 Å². The number of carbonyl (C=O) groups excluding carboxylic acids is 1. The number of amides is 1. The summed E-state index contributed by atoms with van der Waals surface area (Å²) in [6.07, 6.45) is 3.04. The molecule has 2 rings (SSSR count). The van der Waals surface area contributed by atoms with E-state index in [9.17, 15) is 4.79 Å². The molecule has 0 saturated carbocycles. The summed E-state index contributed by atoms with van der Waals surface area (Å²) in [6, 6.07) is 2.10. The van der Waals surface area contributed by atoms with Crippen molar-refractivity contribution in [2.75, 3.05) is 13.6 Å². The van der Waals surface area contributed by atoms with Gasteiger partial charge in [-0.1, -0.05) is 0 Å². The van der Waals surface area contributed by atoms with Gasteiger partial charge in [0.25, 0.3) is 0 Å². The Labute approximate surface area is 108 Å². The first-order valence-corrected chi connectivity index (χ1v) is 6.54. The number of likely N-dealkylation sites (N-methyl/N-ethyl adjacent to an activating group) is 1. The third-order valence-electron chi connectivity index (χ3n) is 3.67. The molecule has 0 bridgehead atoms. The molecule has 18 heavy (non-hydrogen) atoms. The molecule has 2 heterocycles. The molecule has 2 N–H and O–H groups in total. The molecule has 0 aromatic carbocycles. The average molecular weight is 250 g/mol. The second kappa shape index (κ2) is 5.52. The molecular formula is C13H22N4O. The molecule has 2 unspecified atom stereocenters. The summed E-state index contributed by atoms with van der Waals surface area (Å²) in [5, 5.41) is 10.4. The van der Waals surface area contributed by atoms with Gasteiger partial charge in [-0.15, -0.1) is 0 Å². The third-order valence-corrected chi connectivity index (χ3v) is 3.67.